The molecule has 0 saturated carbocycles. The molecule has 1 N–H and O–H groups in total. The first kappa shape index (κ1) is 12.8. The molecule has 0 aliphatic rings. The highest BCUT2D eigenvalue weighted by atomic mass is 16.5. The van der Waals surface area contributed by atoms with E-state index in [1.165, 1.54) is 6.42 Å². The molecule has 0 radical (unpaired) electrons. The van der Waals surface area contributed by atoms with E-state index in [2.05, 4.69) is 17.2 Å². The zero-order chi connectivity index (χ0) is 11.6. The van der Waals surface area contributed by atoms with Crippen LogP contribution in [0.25, 0.3) is 0 Å². The van der Waals surface area contributed by atoms with Gasteiger partial charge in [0.1, 0.15) is 0 Å². The molecule has 1 heterocycles. The van der Waals surface area contributed by atoms with Gasteiger partial charge in [0.15, 0.2) is 0 Å². The van der Waals surface area contributed by atoms with Crippen LogP contribution in [0.5, 0.6) is 5.88 Å². The fourth-order valence-electron chi connectivity index (χ4n) is 1.22. The molecular formula is C12H20N2O2. The molecule has 0 aliphatic heterocycles. The summed E-state index contributed by atoms with van der Waals surface area (Å²) in [7, 11) is 1.61. The monoisotopic (exact) mass is 224 g/mol. The largest absolute Gasteiger partial charge is 0.481 e. The standard InChI is InChI=1S/C12H20N2O2/c1-3-4-8-16-9-7-13-11-5-6-12(15-2)14-10-11/h5-6,10,13H,3-4,7-9H2,1-2H3. The summed E-state index contributed by atoms with van der Waals surface area (Å²) in [5.74, 6) is 0.629. The van der Waals surface area contributed by atoms with Crippen molar-refractivity contribution in [2.24, 2.45) is 0 Å². The normalized spacial score (nSPS) is 10.1. The number of unbranched alkanes of at least 4 members (excludes halogenated alkanes) is 1. The van der Waals surface area contributed by atoms with Crippen LogP contribution in [0.4, 0.5) is 5.69 Å². The Morgan fingerprint density at radius 2 is 2.19 bits per heavy atom. The van der Waals surface area contributed by atoms with Gasteiger partial charge in [0.25, 0.3) is 0 Å². The minimum Gasteiger partial charge on any atom is -0.481 e. The molecule has 1 aromatic rings. The Balaban J connectivity index is 2.12. The second kappa shape index (κ2) is 7.93. The number of methoxy groups -OCH3 is 1. The molecule has 0 bridgehead atoms. The third-order valence-electron chi connectivity index (χ3n) is 2.16. The number of ether oxygens (including phenoxy) is 2. The third kappa shape index (κ3) is 4.98. The zero-order valence-electron chi connectivity index (χ0n) is 10.0. The third-order valence-corrected chi connectivity index (χ3v) is 2.16. The number of rotatable bonds is 8. The van der Waals surface area contributed by atoms with Gasteiger partial charge in [0, 0.05) is 19.2 Å². The van der Waals surface area contributed by atoms with Gasteiger partial charge in [-0.1, -0.05) is 13.3 Å². The van der Waals surface area contributed by atoms with Crippen LogP contribution in [-0.2, 0) is 4.74 Å². The molecule has 0 amide bonds. The van der Waals surface area contributed by atoms with Crippen LogP contribution in [0.15, 0.2) is 18.3 Å². The van der Waals surface area contributed by atoms with Crippen LogP contribution in [0.1, 0.15) is 19.8 Å². The van der Waals surface area contributed by atoms with Crippen molar-refractivity contribution in [1.82, 2.24) is 4.98 Å². The second-order valence-corrected chi connectivity index (χ2v) is 3.48. The maximum absolute atomic E-state index is 5.43. The molecule has 0 spiro atoms. The fraction of sp³-hybridized carbons (Fsp3) is 0.583. The lowest BCUT2D eigenvalue weighted by Crippen LogP contribution is -2.10. The maximum atomic E-state index is 5.43. The van der Waals surface area contributed by atoms with Gasteiger partial charge in [-0.15, -0.1) is 0 Å². The fourth-order valence-corrected chi connectivity index (χ4v) is 1.22. The van der Waals surface area contributed by atoms with E-state index in [-0.39, 0.29) is 0 Å². The quantitative estimate of drug-likeness (QED) is 0.688. The predicted octanol–water partition coefficient (Wildman–Crippen LogP) is 2.32. The van der Waals surface area contributed by atoms with E-state index in [9.17, 15) is 0 Å². The van der Waals surface area contributed by atoms with Crippen LogP contribution in [0.2, 0.25) is 0 Å². The lowest BCUT2D eigenvalue weighted by Gasteiger charge is -2.07. The minimum atomic E-state index is 0.629. The molecule has 0 atom stereocenters. The molecule has 0 saturated heterocycles. The molecule has 4 nitrogen and oxygen atoms in total. The van der Waals surface area contributed by atoms with E-state index in [1.807, 2.05) is 12.1 Å². The van der Waals surface area contributed by atoms with Gasteiger partial charge in [-0.2, -0.15) is 0 Å². The number of hydrogen-bond acceptors (Lipinski definition) is 4. The summed E-state index contributed by atoms with van der Waals surface area (Å²) in [6.45, 7) is 4.54. The molecule has 90 valence electrons. The number of aromatic nitrogens is 1. The molecular weight excluding hydrogens is 204 g/mol. The molecule has 0 fully saturated rings. The Labute approximate surface area is 97.0 Å². The lowest BCUT2D eigenvalue weighted by molar-refractivity contribution is 0.141. The number of pyridine rings is 1. The molecule has 0 unspecified atom stereocenters. The van der Waals surface area contributed by atoms with Crippen LogP contribution >= 0.6 is 0 Å². The Morgan fingerprint density at radius 1 is 1.31 bits per heavy atom. The molecule has 0 aliphatic carbocycles. The van der Waals surface area contributed by atoms with Gasteiger partial charge in [-0.05, 0) is 12.5 Å². The summed E-state index contributed by atoms with van der Waals surface area (Å²) >= 11 is 0. The van der Waals surface area contributed by atoms with Crippen LogP contribution in [-0.4, -0.2) is 31.9 Å². The van der Waals surface area contributed by atoms with E-state index in [0.717, 1.165) is 31.9 Å². The number of anilines is 1. The van der Waals surface area contributed by atoms with Crippen molar-refractivity contribution in [3.63, 3.8) is 0 Å². The van der Waals surface area contributed by atoms with Crippen molar-refractivity contribution in [3.8, 4) is 5.88 Å². The van der Waals surface area contributed by atoms with Crippen LogP contribution in [0.3, 0.4) is 0 Å². The van der Waals surface area contributed by atoms with Crippen molar-refractivity contribution >= 4 is 5.69 Å². The number of nitrogens with one attached hydrogen (secondary N) is 1. The first-order valence-corrected chi connectivity index (χ1v) is 5.68. The minimum absolute atomic E-state index is 0.629. The molecule has 1 rings (SSSR count). The Hall–Kier alpha value is -1.29. The smallest absolute Gasteiger partial charge is 0.213 e. The molecule has 4 heteroatoms. The Kier molecular flexibility index (Phi) is 6.33. The second-order valence-electron chi connectivity index (χ2n) is 3.48. The highest BCUT2D eigenvalue weighted by Gasteiger charge is 1.94. The van der Waals surface area contributed by atoms with Gasteiger partial charge < -0.3 is 14.8 Å². The van der Waals surface area contributed by atoms with Crippen molar-refractivity contribution in [3.05, 3.63) is 18.3 Å². The SMILES string of the molecule is CCCCOCCNc1ccc(OC)nc1. The van der Waals surface area contributed by atoms with Crippen LogP contribution < -0.4 is 10.1 Å². The van der Waals surface area contributed by atoms with Gasteiger partial charge >= 0.3 is 0 Å². The lowest BCUT2D eigenvalue weighted by atomic mass is 10.4. The van der Waals surface area contributed by atoms with E-state index in [0.29, 0.717) is 5.88 Å². The summed E-state index contributed by atoms with van der Waals surface area (Å²) in [4.78, 5) is 4.10. The first-order valence-electron chi connectivity index (χ1n) is 5.68. The Bertz CT molecular complexity index is 275. The van der Waals surface area contributed by atoms with Crippen molar-refractivity contribution < 1.29 is 9.47 Å². The summed E-state index contributed by atoms with van der Waals surface area (Å²) in [6, 6.07) is 3.78. The average molecular weight is 224 g/mol. The van der Waals surface area contributed by atoms with E-state index >= 15 is 0 Å². The number of hydrogen-bond donors (Lipinski definition) is 1. The summed E-state index contributed by atoms with van der Waals surface area (Å²) in [6.07, 6.45) is 4.06. The number of nitrogens with zero attached hydrogens (tertiary/aromatic N) is 1. The zero-order valence-corrected chi connectivity index (χ0v) is 10.0. The molecule has 0 aromatic carbocycles. The predicted molar refractivity (Wildman–Crippen MR) is 65.0 cm³/mol. The first-order chi connectivity index (χ1) is 7.86. The average Bonchev–Trinajstić information content (AvgIpc) is 2.34. The van der Waals surface area contributed by atoms with E-state index < -0.39 is 0 Å². The van der Waals surface area contributed by atoms with Gasteiger partial charge in [0.2, 0.25) is 5.88 Å². The topological polar surface area (TPSA) is 43.4 Å². The highest BCUT2D eigenvalue weighted by Crippen LogP contribution is 2.10. The maximum Gasteiger partial charge on any atom is 0.213 e. The summed E-state index contributed by atoms with van der Waals surface area (Å²) in [5, 5.41) is 3.23. The van der Waals surface area contributed by atoms with Crippen molar-refractivity contribution in [2.45, 2.75) is 19.8 Å². The molecule has 16 heavy (non-hydrogen) atoms. The Morgan fingerprint density at radius 3 is 2.81 bits per heavy atom. The summed E-state index contributed by atoms with van der Waals surface area (Å²) < 4.78 is 10.4. The summed E-state index contributed by atoms with van der Waals surface area (Å²) in [5.41, 5.74) is 0.986. The van der Waals surface area contributed by atoms with Crippen molar-refractivity contribution in [1.29, 1.82) is 0 Å². The van der Waals surface area contributed by atoms with Gasteiger partial charge in [-0.25, -0.2) is 4.98 Å². The van der Waals surface area contributed by atoms with E-state index in [1.54, 1.807) is 13.3 Å². The van der Waals surface area contributed by atoms with Crippen LogP contribution in [0, 0.1) is 0 Å². The van der Waals surface area contributed by atoms with E-state index in [4.69, 9.17) is 9.47 Å². The van der Waals surface area contributed by atoms with Gasteiger partial charge in [-0.3, -0.25) is 0 Å². The van der Waals surface area contributed by atoms with Crippen molar-refractivity contribution in [2.75, 3.05) is 32.2 Å². The highest BCUT2D eigenvalue weighted by molar-refractivity contribution is 5.41. The molecule has 1 aromatic heterocycles. The van der Waals surface area contributed by atoms with Gasteiger partial charge in [0.05, 0.1) is 25.6 Å².